The summed E-state index contributed by atoms with van der Waals surface area (Å²) in [5, 5.41) is 1.23. The SMILES string of the molecule is [2H]c1c([2H])c([2H])c(-c2cc3c4c(c2)N(c2ccc(C(C)(C)C)cc2)c2c(sc5cc6c(cc25)C(C)(C)CCC6(C)C)B4c2cc4c(cc2N3c2cc3c(cc2-c2ccccc2)C(C)(C)CCC3(C)C)C(C)(C)CCC4(C)C)c([2H])c1[2H]. The molecular weight excluding hydrogens is 936 g/mol. The van der Waals surface area contributed by atoms with Gasteiger partial charge in [-0.15, -0.1) is 11.3 Å². The van der Waals surface area contributed by atoms with Gasteiger partial charge in [-0.2, -0.15) is 0 Å². The lowest BCUT2D eigenvalue weighted by Crippen LogP contribution is -2.61. The lowest BCUT2D eigenvalue weighted by Gasteiger charge is -2.48. The molecule has 2 aliphatic heterocycles. The Labute approximate surface area is 467 Å². The third kappa shape index (κ3) is 7.45. The van der Waals surface area contributed by atoms with Crippen molar-refractivity contribution in [3.63, 3.8) is 0 Å². The van der Waals surface area contributed by atoms with Crippen LogP contribution in [0.4, 0.5) is 34.1 Å². The van der Waals surface area contributed by atoms with E-state index in [0.29, 0.717) is 5.56 Å². The summed E-state index contributed by atoms with van der Waals surface area (Å²) < 4.78 is 49.1. The highest BCUT2D eigenvalue weighted by Gasteiger charge is 2.50. The van der Waals surface area contributed by atoms with Crippen LogP contribution in [0.25, 0.3) is 32.3 Å². The van der Waals surface area contributed by atoms with Crippen LogP contribution in [-0.2, 0) is 37.9 Å². The number of hydrogen-bond donors (Lipinski definition) is 0. The molecule has 0 atom stereocenters. The van der Waals surface area contributed by atoms with Crippen molar-refractivity contribution in [2.75, 3.05) is 9.80 Å². The first-order chi connectivity index (χ1) is 37.8. The Balaban J connectivity index is 1.25. The zero-order valence-corrected chi connectivity index (χ0v) is 48.8. The van der Waals surface area contributed by atoms with Gasteiger partial charge in [0.2, 0.25) is 0 Å². The third-order valence-corrected chi connectivity index (χ3v) is 20.9. The van der Waals surface area contributed by atoms with Gasteiger partial charge in [-0.1, -0.05) is 183 Å². The first-order valence-electron chi connectivity index (χ1n) is 30.8. The lowest BCUT2D eigenvalue weighted by molar-refractivity contribution is 0.332. The van der Waals surface area contributed by atoms with Crippen molar-refractivity contribution in [2.24, 2.45) is 0 Å². The summed E-state index contributed by atoms with van der Waals surface area (Å²) in [6, 6.07) is 38.3. The number of rotatable bonds is 4. The molecule has 0 unspecified atom stereocenters. The van der Waals surface area contributed by atoms with Gasteiger partial charge in [0.25, 0.3) is 6.71 Å². The van der Waals surface area contributed by atoms with E-state index in [9.17, 15) is 2.74 Å². The highest BCUT2D eigenvalue weighted by Crippen LogP contribution is 2.57. The van der Waals surface area contributed by atoms with Gasteiger partial charge in [-0.25, -0.2) is 0 Å². The largest absolute Gasteiger partial charge is 0.311 e. The van der Waals surface area contributed by atoms with Gasteiger partial charge in [-0.3, -0.25) is 0 Å². The zero-order valence-electron chi connectivity index (χ0n) is 52.9. The average molecular weight is 1020 g/mol. The molecule has 13 rings (SSSR count). The molecule has 0 N–H and O–H groups in total. The predicted octanol–water partition coefficient (Wildman–Crippen LogP) is 18.7. The molecule has 0 radical (unpaired) electrons. The first-order valence-corrected chi connectivity index (χ1v) is 29.2. The minimum Gasteiger partial charge on any atom is -0.311 e. The molecule has 0 saturated heterocycles. The minimum absolute atomic E-state index is 0.00544. The fraction of sp³-hybridized carbons (Fsp3) is 0.389. The van der Waals surface area contributed by atoms with E-state index in [-0.39, 0.29) is 74.4 Å². The Kier molecular flexibility index (Phi) is 9.51. The van der Waals surface area contributed by atoms with Gasteiger partial charge in [0, 0.05) is 43.2 Å². The van der Waals surface area contributed by atoms with Crippen LogP contribution < -0.4 is 25.5 Å². The summed E-state index contributed by atoms with van der Waals surface area (Å²) in [7, 11) is 0. The lowest BCUT2D eigenvalue weighted by atomic mass is 9.35. The summed E-state index contributed by atoms with van der Waals surface area (Å²) in [5.41, 5.74) is 21.0. The van der Waals surface area contributed by atoms with E-state index >= 15 is 0 Å². The normalized spacial score (nSPS) is 20.7. The molecule has 0 fully saturated rings. The molecule has 0 amide bonds. The number of anilines is 6. The van der Waals surface area contributed by atoms with Gasteiger partial charge in [-0.05, 0) is 198 Å². The van der Waals surface area contributed by atoms with Crippen LogP contribution in [0.5, 0.6) is 0 Å². The molecule has 3 aliphatic carbocycles. The van der Waals surface area contributed by atoms with Crippen molar-refractivity contribution in [3.05, 3.63) is 172 Å². The summed E-state index contributed by atoms with van der Waals surface area (Å²) in [6.07, 6.45) is 6.51. The van der Waals surface area contributed by atoms with E-state index in [1.807, 2.05) is 11.3 Å². The van der Waals surface area contributed by atoms with E-state index in [0.717, 1.165) is 83.6 Å². The zero-order chi connectivity index (χ0) is 57.8. The molecule has 3 heterocycles. The van der Waals surface area contributed by atoms with Gasteiger partial charge in [0.05, 0.1) is 18.2 Å². The predicted molar refractivity (Wildman–Crippen MR) is 331 cm³/mol. The van der Waals surface area contributed by atoms with Gasteiger partial charge in [0.1, 0.15) is 0 Å². The standard InChI is InChI=1S/C72H79BN2S/c1-66(2,3)47-26-28-48(29-27-47)74-60-36-46(44-22-18-16-19-23-44)37-61-63(60)73(65-64(74)50-39-52-56(43-62(50)76-65)72(14,15)35-31-68(52,6)7)57-40-53-55(71(12,13)34-32-69(53,8)9)42-59(57)75(61)58-41-54-51(67(4,5)30-33-70(54,10)11)38-49(58)45-24-20-17-21-25-45/h16-29,36-43H,30-35H2,1-15H3/i16D,18D,19D,22D,23D. The number of nitrogens with zero attached hydrogens (tertiary/aromatic N) is 2. The molecule has 4 heteroatoms. The Morgan fingerprint density at radius 3 is 1.51 bits per heavy atom. The molecule has 5 aliphatic rings. The number of thiophene rings is 1. The molecule has 2 nitrogen and oxygen atoms in total. The van der Waals surface area contributed by atoms with Crippen LogP contribution in [0.3, 0.4) is 0 Å². The van der Waals surface area contributed by atoms with Crippen molar-refractivity contribution < 1.29 is 6.85 Å². The number of fused-ring (bicyclic) bond motifs is 9. The number of hydrogen-bond acceptors (Lipinski definition) is 3. The van der Waals surface area contributed by atoms with Gasteiger partial charge >= 0.3 is 0 Å². The maximum absolute atomic E-state index is 9.70. The highest BCUT2D eigenvalue weighted by molar-refractivity contribution is 7.33. The van der Waals surface area contributed by atoms with E-state index in [4.69, 9.17) is 4.11 Å². The number of benzene rings is 7. The molecule has 8 aromatic rings. The maximum Gasteiger partial charge on any atom is 0.264 e. The van der Waals surface area contributed by atoms with Crippen molar-refractivity contribution in [3.8, 4) is 22.3 Å². The van der Waals surface area contributed by atoms with E-state index in [1.54, 1.807) is 0 Å². The maximum atomic E-state index is 9.70. The van der Waals surface area contributed by atoms with Crippen LogP contribution in [0, 0.1) is 0 Å². The monoisotopic (exact) mass is 1020 g/mol. The summed E-state index contributed by atoms with van der Waals surface area (Å²) in [5.74, 6) is 0. The van der Waals surface area contributed by atoms with E-state index < -0.39 is 6.04 Å². The molecule has 386 valence electrons. The van der Waals surface area contributed by atoms with Crippen LogP contribution in [0.1, 0.15) is 188 Å². The molecule has 7 aromatic carbocycles. The molecule has 1 aromatic heterocycles. The second-order valence-electron chi connectivity index (χ2n) is 28.6. The molecular formula is C72H79BN2S. The molecule has 76 heavy (non-hydrogen) atoms. The Hall–Kier alpha value is -5.84. The van der Waals surface area contributed by atoms with Crippen molar-refractivity contribution in [1.29, 1.82) is 0 Å². The quantitative estimate of drug-likeness (QED) is 0.162. The van der Waals surface area contributed by atoms with Gasteiger partial charge < -0.3 is 9.80 Å². The molecule has 0 saturated carbocycles. The molecule has 0 spiro atoms. The fourth-order valence-electron chi connectivity index (χ4n) is 14.4. The van der Waals surface area contributed by atoms with Crippen molar-refractivity contribution in [2.45, 2.75) is 180 Å². The summed E-state index contributed by atoms with van der Waals surface area (Å²) in [4.78, 5) is 5.08. The highest BCUT2D eigenvalue weighted by atomic mass is 32.1. The summed E-state index contributed by atoms with van der Waals surface area (Å²) >= 11 is 1.95. The van der Waals surface area contributed by atoms with Crippen LogP contribution >= 0.6 is 11.3 Å². The summed E-state index contributed by atoms with van der Waals surface area (Å²) in [6.45, 7) is 35.7. The van der Waals surface area contributed by atoms with Crippen molar-refractivity contribution >= 4 is 78.0 Å². The Morgan fingerprint density at radius 2 is 0.961 bits per heavy atom. The fourth-order valence-corrected chi connectivity index (χ4v) is 15.8. The van der Waals surface area contributed by atoms with Crippen molar-refractivity contribution in [1.82, 2.24) is 0 Å². The minimum atomic E-state index is -0.393. The average Bonchev–Trinajstić information content (AvgIpc) is 2.78. The first kappa shape index (κ1) is 44.2. The van der Waals surface area contributed by atoms with E-state index in [1.165, 1.54) is 65.0 Å². The van der Waals surface area contributed by atoms with E-state index in [2.05, 4.69) is 217 Å². The topological polar surface area (TPSA) is 6.48 Å². The second-order valence-corrected chi connectivity index (χ2v) is 29.7. The van der Waals surface area contributed by atoms with Gasteiger partial charge in [0.15, 0.2) is 0 Å². The third-order valence-electron chi connectivity index (χ3n) is 19.7. The smallest absolute Gasteiger partial charge is 0.264 e. The Bertz CT molecular complexity index is 3980. The van der Waals surface area contributed by atoms with Crippen LogP contribution in [0.15, 0.2) is 133 Å². The second kappa shape index (κ2) is 16.4. The molecule has 0 bridgehead atoms. The van der Waals surface area contributed by atoms with Crippen LogP contribution in [0.2, 0.25) is 0 Å². The van der Waals surface area contributed by atoms with Crippen LogP contribution in [-0.4, -0.2) is 6.71 Å². The Morgan fingerprint density at radius 1 is 0.474 bits per heavy atom.